The van der Waals surface area contributed by atoms with Crippen molar-refractivity contribution in [3.05, 3.63) is 63.4 Å². The Hall–Kier alpha value is -2.81. The molecule has 2 aromatic carbocycles. The van der Waals surface area contributed by atoms with Gasteiger partial charge in [0.15, 0.2) is 11.5 Å². The first kappa shape index (κ1) is 19.9. The highest BCUT2D eigenvalue weighted by Crippen LogP contribution is 2.32. The Morgan fingerprint density at radius 2 is 1.93 bits per heavy atom. The van der Waals surface area contributed by atoms with Crippen molar-refractivity contribution in [3.63, 3.8) is 0 Å². The van der Waals surface area contributed by atoms with Gasteiger partial charge in [0.05, 0.1) is 24.5 Å². The minimum absolute atomic E-state index is 0.0180. The Labute approximate surface area is 173 Å². The summed E-state index contributed by atoms with van der Waals surface area (Å²) in [5, 5.41) is 12.9. The molecule has 0 bridgehead atoms. The maximum Gasteiger partial charge on any atom is 0.162 e. The third-order valence-electron chi connectivity index (χ3n) is 3.86. The molecule has 0 aliphatic carbocycles. The molecule has 0 aliphatic rings. The number of nitrogens with zero attached hydrogens (tertiary/aromatic N) is 2. The molecule has 3 rings (SSSR count). The van der Waals surface area contributed by atoms with E-state index < -0.39 is 0 Å². The van der Waals surface area contributed by atoms with Gasteiger partial charge < -0.3 is 9.47 Å². The average molecular weight is 411 g/mol. The topological polar surface area (TPSA) is 55.1 Å². The number of methoxy groups -OCH3 is 1. The molecular formula is C22H19ClN2O2S. The standard InChI is InChI=1S/C22H19ClN2O2S/c1-14(2)27-21-11-15(4-9-20(21)26-3)10-17(12-24)22-25-19(13-28-22)16-5-7-18(23)8-6-16/h4-11,13-14H,1-3H3/b17-10-. The minimum Gasteiger partial charge on any atom is -0.493 e. The Morgan fingerprint density at radius 3 is 2.57 bits per heavy atom. The monoisotopic (exact) mass is 410 g/mol. The van der Waals surface area contributed by atoms with E-state index in [1.165, 1.54) is 11.3 Å². The molecule has 0 saturated carbocycles. The number of halogens is 1. The molecule has 4 nitrogen and oxygen atoms in total. The van der Waals surface area contributed by atoms with Crippen LogP contribution in [0, 0.1) is 11.3 Å². The first-order valence-corrected chi connectivity index (χ1v) is 9.94. The van der Waals surface area contributed by atoms with Crippen molar-refractivity contribution in [1.29, 1.82) is 5.26 Å². The third-order valence-corrected chi connectivity index (χ3v) is 4.98. The molecule has 3 aromatic rings. The van der Waals surface area contributed by atoms with Crippen LogP contribution in [0.2, 0.25) is 5.02 Å². The molecule has 6 heteroatoms. The zero-order valence-electron chi connectivity index (χ0n) is 15.8. The first-order chi connectivity index (χ1) is 13.5. The number of hydrogen-bond donors (Lipinski definition) is 0. The van der Waals surface area contributed by atoms with Crippen molar-refractivity contribution in [2.45, 2.75) is 20.0 Å². The molecule has 0 spiro atoms. The zero-order chi connectivity index (χ0) is 20.1. The highest BCUT2D eigenvalue weighted by Gasteiger charge is 2.11. The molecule has 142 valence electrons. The quantitative estimate of drug-likeness (QED) is 0.446. The van der Waals surface area contributed by atoms with Crippen molar-refractivity contribution >= 4 is 34.6 Å². The fraction of sp³-hybridized carbons (Fsp3) is 0.182. The molecule has 0 amide bonds. The van der Waals surface area contributed by atoms with Crippen molar-refractivity contribution in [2.75, 3.05) is 7.11 Å². The smallest absolute Gasteiger partial charge is 0.162 e. The lowest BCUT2D eigenvalue weighted by atomic mass is 10.1. The van der Waals surface area contributed by atoms with Gasteiger partial charge in [0.1, 0.15) is 11.1 Å². The number of aromatic nitrogens is 1. The molecule has 1 aromatic heterocycles. The second kappa shape index (κ2) is 8.92. The lowest BCUT2D eigenvalue weighted by Crippen LogP contribution is -2.06. The van der Waals surface area contributed by atoms with Crippen molar-refractivity contribution in [1.82, 2.24) is 4.98 Å². The SMILES string of the molecule is COc1ccc(/C=C(/C#N)c2nc(-c3ccc(Cl)cc3)cs2)cc1OC(C)C. The number of nitriles is 1. The second-order valence-corrected chi connectivity index (χ2v) is 7.59. The van der Waals surface area contributed by atoms with Crippen molar-refractivity contribution in [2.24, 2.45) is 0 Å². The summed E-state index contributed by atoms with van der Waals surface area (Å²) in [6.45, 7) is 3.91. The summed E-state index contributed by atoms with van der Waals surface area (Å²) < 4.78 is 11.2. The lowest BCUT2D eigenvalue weighted by Gasteiger charge is -2.14. The van der Waals surface area contributed by atoms with Gasteiger partial charge in [-0.05, 0) is 49.8 Å². The van der Waals surface area contributed by atoms with E-state index in [2.05, 4.69) is 11.1 Å². The summed E-state index contributed by atoms with van der Waals surface area (Å²) in [5.74, 6) is 1.30. The van der Waals surface area contributed by atoms with Gasteiger partial charge >= 0.3 is 0 Å². The van der Waals surface area contributed by atoms with E-state index in [1.54, 1.807) is 13.2 Å². The summed E-state index contributed by atoms with van der Waals surface area (Å²) in [4.78, 5) is 4.61. The summed E-state index contributed by atoms with van der Waals surface area (Å²) in [5.41, 5.74) is 3.11. The highest BCUT2D eigenvalue weighted by atomic mass is 35.5. The van der Waals surface area contributed by atoms with Gasteiger partial charge in [0.2, 0.25) is 0 Å². The van der Waals surface area contributed by atoms with Gasteiger partial charge in [-0.3, -0.25) is 0 Å². The average Bonchev–Trinajstić information content (AvgIpc) is 3.16. The Morgan fingerprint density at radius 1 is 1.18 bits per heavy atom. The summed E-state index contributed by atoms with van der Waals surface area (Å²) in [7, 11) is 1.60. The number of hydrogen-bond acceptors (Lipinski definition) is 5. The molecule has 0 saturated heterocycles. The van der Waals surface area contributed by atoms with Crippen LogP contribution in [-0.4, -0.2) is 18.2 Å². The van der Waals surface area contributed by atoms with E-state index in [0.29, 0.717) is 27.1 Å². The zero-order valence-corrected chi connectivity index (χ0v) is 17.3. The normalized spacial score (nSPS) is 11.4. The Bertz CT molecular complexity index is 1030. The van der Waals surface area contributed by atoms with Crippen LogP contribution in [0.1, 0.15) is 24.4 Å². The highest BCUT2D eigenvalue weighted by molar-refractivity contribution is 7.11. The van der Waals surface area contributed by atoms with Crippen LogP contribution in [0.25, 0.3) is 22.9 Å². The number of rotatable bonds is 6. The number of benzene rings is 2. The molecule has 0 radical (unpaired) electrons. The van der Waals surface area contributed by atoms with Crippen LogP contribution in [0.3, 0.4) is 0 Å². The van der Waals surface area contributed by atoms with E-state index >= 15 is 0 Å². The second-order valence-electron chi connectivity index (χ2n) is 6.29. The van der Waals surface area contributed by atoms with Gasteiger partial charge in [0, 0.05) is 16.0 Å². The van der Waals surface area contributed by atoms with Gasteiger partial charge in [-0.15, -0.1) is 11.3 Å². The predicted molar refractivity (Wildman–Crippen MR) is 115 cm³/mol. The van der Waals surface area contributed by atoms with Crippen molar-refractivity contribution in [3.8, 4) is 28.8 Å². The maximum atomic E-state index is 9.65. The van der Waals surface area contributed by atoms with Crippen LogP contribution >= 0.6 is 22.9 Å². The number of allylic oxidation sites excluding steroid dienone is 1. The molecule has 0 unspecified atom stereocenters. The summed E-state index contributed by atoms with van der Waals surface area (Å²) in [6.07, 6.45) is 1.82. The fourth-order valence-corrected chi connectivity index (χ4v) is 3.51. The predicted octanol–water partition coefficient (Wildman–Crippen LogP) is 6.32. The van der Waals surface area contributed by atoms with E-state index in [-0.39, 0.29) is 6.10 Å². The maximum absolute atomic E-state index is 9.65. The molecule has 0 aliphatic heterocycles. The van der Waals surface area contributed by atoms with Gasteiger partial charge in [-0.1, -0.05) is 29.8 Å². The number of thiazole rings is 1. The van der Waals surface area contributed by atoms with Gasteiger partial charge in [0.25, 0.3) is 0 Å². The Kier molecular flexibility index (Phi) is 6.35. The molecule has 28 heavy (non-hydrogen) atoms. The van der Waals surface area contributed by atoms with Gasteiger partial charge in [-0.2, -0.15) is 5.26 Å². The largest absolute Gasteiger partial charge is 0.493 e. The third kappa shape index (κ3) is 4.72. The fourth-order valence-electron chi connectivity index (χ4n) is 2.59. The molecule has 0 N–H and O–H groups in total. The first-order valence-electron chi connectivity index (χ1n) is 8.68. The summed E-state index contributed by atoms with van der Waals surface area (Å²) >= 11 is 7.38. The summed E-state index contributed by atoms with van der Waals surface area (Å²) in [6, 6.07) is 15.3. The van der Waals surface area contributed by atoms with Crippen LogP contribution in [-0.2, 0) is 0 Å². The van der Waals surface area contributed by atoms with E-state index in [4.69, 9.17) is 21.1 Å². The Balaban J connectivity index is 1.92. The van der Waals surface area contributed by atoms with Crippen molar-refractivity contribution < 1.29 is 9.47 Å². The van der Waals surface area contributed by atoms with E-state index in [9.17, 15) is 5.26 Å². The van der Waals surface area contributed by atoms with Crippen LogP contribution in [0.15, 0.2) is 47.8 Å². The molecule has 0 atom stereocenters. The number of ether oxygens (including phenoxy) is 2. The van der Waals surface area contributed by atoms with Crippen LogP contribution < -0.4 is 9.47 Å². The molecule has 0 fully saturated rings. The van der Waals surface area contributed by atoms with Crippen LogP contribution in [0.5, 0.6) is 11.5 Å². The van der Waals surface area contributed by atoms with E-state index in [0.717, 1.165) is 16.8 Å². The van der Waals surface area contributed by atoms with E-state index in [1.807, 2.05) is 61.7 Å². The molecular weight excluding hydrogens is 392 g/mol. The van der Waals surface area contributed by atoms with Crippen LogP contribution in [0.4, 0.5) is 0 Å². The minimum atomic E-state index is 0.0180. The van der Waals surface area contributed by atoms with Gasteiger partial charge in [-0.25, -0.2) is 4.98 Å². The molecule has 1 heterocycles. The lowest BCUT2D eigenvalue weighted by molar-refractivity contribution is 0.230.